The Hall–Kier alpha value is -1.03. The molecule has 1 amide bonds. The van der Waals surface area contributed by atoms with Crippen LogP contribution >= 0.6 is 12.6 Å². The van der Waals surface area contributed by atoms with E-state index >= 15 is 0 Å². The summed E-state index contributed by atoms with van der Waals surface area (Å²) < 4.78 is 0. The Kier molecular flexibility index (Phi) is 2.72. The van der Waals surface area contributed by atoms with E-state index in [2.05, 4.69) is 17.6 Å². The normalized spacial score (nSPS) is 21.6. The van der Waals surface area contributed by atoms with Crippen LogP contribution in [0.5, 0.6) is 0 Å². The second-order valence-corrected chi connectivity index (χ2v) is 4.18. The third-order valence-electron chi connectivity index (χ3n) is 2.27. The molecule has 1 unspecified atom stereocenters. The number of hydrogen-bond donors (Lipinski definition) is 1. The van der Waals surface area contributed by atoms with E-state index in [9.17, 15) is 4.79 Å². The average Bonchev–Trinajstić information content (AvgIpc) is 2.47. The van der Waals surface area contributed by atoms with Gasteiger partial charge in [-0.1, -0.05) is 6.07 Å². The molecule has 0 spiro atoms. The van der Waals surface area contributed by atoms with Gasteiger partial charge < -0.3 is 4.90 Å². The Bertz CT molecular complexity index is 328. The summed E-state index contributed by atoms with van der Waals surface area (Å²) in [5.74, 6) is 0.177. The highest BCUT2D eigenvalue weighted by atomic mass is 32.1. The van der Waals surface area contributed by atoms with Gasteiger partial charge in [-0.2, -0.15) is 12.6 Å². The van der Waals surface area contributed by atoms with Crippen LogP contribution in [0.3, 0.4) is 0 Å². The maximum absolute atomic E-state index is 11.4. The lowest BCUT2D eigenvalue weighted by molar-refractivity contribution is -0.128. The van der Waals surface area contributed by atoms with E-state index in [1.54, 1.807) is 11.1 Å². The monoisotopic (exact) mass is 208 g/mol. The zero-order chi connectivity index (χ0) is 9.97. The summed E-state index contributed by atoms with van der Waals surface area (Å²) >= 11 is 4.29. The number of pyridine rings is 1. The molecule has 0 aromatic carbocycles. The van der Waals surface area contributed by atoms with Crippen LogP contribution in [0.25, 0.3) is 0 Å². The molecule has 4 heteroatoms. The fourth-order valence-electron chi connectivity index (χ4n) is 1.59. The molecule has 0 radical (unpaired) electrons. The second kappa shape index (κ2) is 4.00. The zero-order valence-electron chi connectivity index (χ0n) is 7.76. The molecule has 1 atom stereocenters. The van der Waals surface area contributed by atoms with Crippen LogP contribution in [0.2, 0.25) is 0 Å². The maximum Gasteiger partial charge on any atom is 0.224 e. The van der Waals surface area contributed by atoms with Crippen LogP contribution in [0, 0.1) is 0 Å². The minimum atomic E-state index is 0.177. The molecule has 0 bridgehead atoms. The highest BCUT2D eigenvalue weighted by Gasteiger charge is 2.26. The Balaban J connectivity index is 2.02. The Morgan fingerprint density at radius 3 is 3.00 bits per heavy atom. The molecule has 2 heterocycles. The number of hydrogen-bond acceptors (Lipinski definition) is 3. The fourth-order valence-corrected chi connectivity index (χ4v) is 1.94. The van der Waals surface area contributed by atoms with Crippen molar-refractivity contribution >= 4 is 18.5 Å². The van der Waals surface area contributed by atoms with Crippen LogP contribution in [-0.2, 0) is 11.3 Å². The van der Waals surface area contributed by atoms with Gasteiger partial charge in [0.25, 0.3) is 0 Å². The number of carbonyl (C=O) groups is 1. The fraction of sp³-hybridized carbons (Fsp3) is 0.400. The molecule has 74 valence electrons. The number of aromatic nitrogens is 1. The van der Waals surface area contributed by atoms with Crippen molar-refractivity contribution in [2.24, 2.45) is 0 Å². The van der Waals surface area contributed by atoms with Crippen molar-refractivity contribution in [3.8, 4) is 0 Å². The van der Waals surface area contributed by atoms with E-state index in [-0.39, 0.29) is 11.2 Å². The molecule has 1 saturated heterocycles. The van der Waals surface area contributed by atoms with Gasteiger partial charge in [0, 0.05) is 24.4 Å². The summed E-state index contributed by atoms with van der Waals surface area (Å²) in [5.41, 5.74) is 0.934. The summed E-state index contributed by atoms with van der Waals surface area (Å²) in [5, 5.41) is 0.186. The smallest absolute Gasteiger partial charge is 0.224 e. The molecular weight excluding hydrogens is 196 g/mol. The van der Waals surface area contributed by atoms with Gasteiger partial charge >= 0.3 is 0 Å². The SMILES string of the molecule is O=C1CC(S)CN1Cc1ccccn1. The predicted octanol–water partition coefficient (Wildman–Crippen LogP) is 1.11. The van der Waals surface area contributed by atoms with Crippen LogP contribution in [0.4, 0.5) is 0 Å². The first-order valence-corrected chi connectivity index (χ1v) is 5.13. The molecule has 1 aromatic heterocycles. The van der Waals surface area contributed by atoms with Crippen LogP contribution in [0.15, 0.2) is 24.4 Å². The number of amides is 1. The molecule has 0 saturated carbocycles. The third kappa shape index (κ3) is 2.07. The van der Waals surface area contributed by atoms with Crippen LogP contribution in [-0.4, -0.2) is 27.6 Å². The first-order valence-electron chi connectivity index (χ1n) is 4.61. The molecular formula is C10H12N2OS. The van der Waals surface area contributed by atoms with Crippen molar-refractivity contribution in [2.75, 3.05) is 6.54 Å². The molecule has 1 fully saturated rings. The predicted molar refractivity (Wildman–Crippen MR) is 57.0 cm³/mol. The largest absolute Gasteiger partial charge is 0.336 e. The van der Waals surface area contributed by atoms with Crippen molar-refractivity contribution < 1.29 is 4.79 Å². The van der Waals surface area contributed by atoms with Crippen molar-refractivity contribution in [2.45, 2.75) is 18.2 Å². The van der Waals surface area contributed by atoms with E-state index in [1.165, 1.54) is 0 Å². The summed E-state index contributed by atoms with van der Waals surface area (Å²) in [6, 6.07) is 5.73. The lowest BCUT2D eigenvalue weighted by atomic mass is 10.3. The summed E-state index contributed by atoms with van der Waals surface area (Å²) in [6.45, 7) is 1.34. The molecule has 1 aromatic rings. The first kappa shape index (κ1) is 9.52. The summed E-state index contributed by atoms with van der Waals surface area (Å²) in [4.78, 5) is 17.4. The third-order valence-corrected chi connectivity index (χ3v) is 2.62. The van der Waals surface area contributed by atoms with Crippen molar-refractivity contribution in [1.82, 2.24) is 9.88 Å². The van der Waals surface area contributed by atoms with E-state index < -0.39 is 0 Å². The Morgan fingerprint density at radius 2 is 2.43 bits per heavy atom. The van der Waals surface area contributed by atoms with Gasteiger partial charge in [0.15, 0.2) is 0 Å². The number of nitrogens with zero attached hydrogens (tertiary/aromatic N) is 2. The molecule has 0 aliphatic carbocycles. The number of carbonyl (C=O) groups excluding carboxylic acids is 1. The number of rotatable bonds is 2. The minimum absolute atomic E-state index is 0.177. The van der Waals surface area contributed by atoms with Gasteiger partial charge in [-0.05, 0) is 12.1 Å². The van der Waals surface area contributed by atoms with E-state index in [1.807, 2.05) is 18.2 Å². The van der Waals surface area contributed by atoms with E-state index in [0.29, 0.717) is 13.0 Å². The highest BCUT2D eigenvalue weighted by Crippen LogP contribution is 2.17. The van der Waals surface area contributed by atoms with Crippen LogP contribution in [0.1, 0.15) is 12.1 Å². The second-order valence-electron chi connectivity index (χ2n) is 3.45. The van der Waals surface area contributed by atoms with Gasteiger partial charge in [0.05, 0.1) is 12.2 Å². The molecule has 0 N–H and O–H groups in total. The summed E-state index contributed by atoms with van der Waals surface area (Å²) in [6.07, 6.45) is 2.30. The minimum Gasteiger partial charge on any atom is -0.336 e. The summed E-state index contributed by atoms with van der Waals surface area (Å²) in [7, 11) is 0. The van der Waals surface area contributed by atoms with Crippen molar-refractivity contribution in [3.63, 3.8) is 0 Å². The maximum atomic E-state index is 11.4. The topological polar surface area (TPSA) is 33.2 Å². The van der Waals surface area contributed by atoms with E-state index in [4.69, 9.17) is 0 Å². The van der Waals surface area contributed by atoms with Crippen LogP contribution < -0.4 is 0 Å². The van der Waals surface area contributed by atoms with Gasteiger partial charge in [0.2, 0.25) is 5.91 Å². The Labute approximate surface area is 88.5 Å². The molecule has 1 aliphatic heterocycles. The quantitative estimate of drug-likeness (QED) is 0.739. The number of thiol groups is 1. The van der Waals surface area contributed by atoms with E-state index in [0.717, 1.165) is 12.2 Å². The molecule has 3 nitrogen and oxygen atoms in total. The average molecular weight is 208 g/mol. The molecule has 2 rings (SSSR count). The Morgan fingerprint density at radius 1 is 1.57 bits per heavy atom. The van der Waals surface area contributed by atoms with Gasteiger partial charge in [0.1, 0.15) is 0 Å². The lowest BCUT2D eigenvalue weighted by Crippen LogP contribution is -2.25. The molecule has 14 heavy (non-hydrogen) atoms. The van der Waals surface area contributed by atoms with Crippen molar-refractivity contribution in [1.29, 1.82) is 0 Å². The van der Waals surface area contributed by atoms with Gasteiger partial charge in [-0.15, -0.1) is 0 Å². The van der Waals surface area contributed by atoms with Crippen molar-refractivity contribution in [3.05, 3.63) is 30.1 Å². The molecule has 1 aliphatic rings. The highest BCUT2D eigenvalue weighted by molar-refractivity contribution is 7.81. The standard InChI is InChI=1S/C10H12N2OS/c13-10-5-9(14)7-12(10)6-8-3-1-2-4-11-8/h1-4,9,14H,5-7H2. The van der Waals surface area contributed by atoms with Gasteiger partial charge in [-0.3, -0.25) is 9.78 Å². The zero-order valence-corrected chi connectivity index (χ0v) is 8.65. The van der Waals surface area contributed by atoms with Gasteiger partial charge in [-0.25, -0.2) is 0 Å². The number of likely N-dealkylation sites (tertiary alicyclic amines) is 1. The first-order chi connectivity index (χ1) is 6.75. The lowest BCUT2D eigenvalue weighted by Gasteiger charge is -2.14.